The Bertz CT molecular complexity index is 560. The lowest BCUT2D eigenvalue weighted by Gasteiger charge is -2.18. The van der Waals surface area contributed by atoms with Gasteiger partial charge in [-0.15, -0.1) is 11.8 Å². The molecule has 106 valence electrons. The summed E-state index contributed by atoms with van der Waals surface area (Å²) >= 11 is 1.78. The Kier molecular flexibility index (Phi) is 5.47. The Morgan fingerprint density at radius 2 is 2.00 bits per heavy atom. The number of hydrogen-bond donors (Lipinski definition) is 2. The van der Waals surface area contributed by atoms with Gasteiger partial charge in [0, 0.05) is 16.2 Å². The van der Waals surface area contributed by atoms with Gasteiger partial charge in [0.15, 0.2) is 0 Å². The number of methoxy groups -OCH3 is 1. The number of thioether (sulfide) groups is 1. The predicted molar refractivity (Wildman–Crippen MR) is 85.0 cm³/mol. The Balaban J connectivity index is 2.09. The maximum Gasteiger partial charge on any atom is 0.123 e. The minimum Gasteiger partial charge on any atom is -0.496 e. The fourth-order valence-electron chi connectivity index (χ4n) is 2.07. The zero-order valence-electron chi connectivity index (χ0n) is 11.8. The van der Waals surface area contributed by atoms with Crippen molar-refractivity contribution in [3.63, 3.8) is 0 Å². The summed E-state index contributed by atoms with van der Waals surface area (Å²) in [5, 5.41) is 0. The quantitative estimate of drug-likeness (QED) is 0.486. The van der Waals surface area contributed by atoms with Gasteiger partial charge in [-0.2, -0.15) is 0 Å². The summed E-state index contributed by atoms with van der Waals surface area (Å²) in [5.41, 5.74) is 5.23. The van der Waals surface area contributed by atoms with Crippen LogP contribution in [0.1, 0.15) is 17.2 Å². The van der Waals surface area contributed by atoms with E-state index in [9.17, 15) is 0 Å². The largest absolute Gasteiger partial charge is 0.496 e. The molecule has 0 heterocycles. The first kappa shape index (κ1) is 14.9. The molecule has 0 amide bonds. The van der Waals surface area contributed by atoms with Crippen LogP contribution in [-0.4, -0.2) is 12.9 Å². The van der Waals surface area contributed by atoms with Gasteiger partial charge < -0.3 is 4.74 Å². The molecule has 0 fully saturated rings. The number of para-hydroxylation sites is 1. The van der Waals surface area contributed by atoms with Crippen LogP contribution in [0.4, 0.5) is 0 Å². The van der Waals surface area contributed by atoms with E-state index >= 15 is 0 Å². The van der Waals surface area contributed by atoms with Crippen LogP contribution in [0.15, 0.2) is 53.4 Å². The third kappa shape index (κ3) is 3.76. The molecule has 0 aliphatic carbocycles. The van der Waals surface area contributed by atoms with Crippen molar-refractivity contribution in [1.29, 1.82) is 0 Å². The molecule has 3 nitrogen and oxygen atoms in total. The van der Waals surface area contributed by atoms with Crippen LogP contribution in [0.3, 0.4) is 0 Å². The van der Waals surface area contributed by atoms with E-state index in [1.807, 2.05) is 24.3 Å². The molecule has 0 radical (unpaired) electrons. The zero-order chi connectivity index (χ0) is 14.4. The normalized spacial score (nSPS) is 12.2. The molecule has 2 rings (SSSR count). The Labute approximate surface area is 124 Å². The zero-order valence-corrected chi connectivity index (χ0v) is 12.6. The molecule has 0 aliphatic rings. The first-order chi connectivity index (χ1) is 9.74. The molecule has 0 spiro atoms. The molecular weight excluding hydrogens is 268 g/mol. The van der Waals surface area contributed by atoms with E-state index in [1.54, 1.807) is 18.9 Å². The van der Waals surface area contributed by atoms with Crippen molar-refractivity contribution in [2.24, 2.45) is 5.84 Å². The van der Waals surface area contributed by atoms with Gasteiger partial charge >= 0.3 is 0 Å². The maximum atomic E-state index is 5.70. The van der Waals surface area contributed by atoms with E-state index in [0.29, 0.717) is 0 Å². The van der Waals surface area contributed by atoms with Crippen LogP contribution in [0, 0.1) is 6.92 Å². The van der Waals surface area contributed by atoms with E-state index in [0.717, 1.165) is 17.1 Å². The fourth-order valence-corrected chi connectivity index (χ4v) is 3.15. The molecule has 1 atom stereocenters. The Morgan fingerprint density at radius 3 is 2.70 bits per heavy atom. The SMILES string of the molecule is COc1ccccc1C(CSc1cccc(C)c1)NN. The summed E-state index contributed by atoms with van der Waals surface area (Å²) in [6.45, 7) is 2.10. The van der Waals surface area contributed by atoms with E-state index < -0.39 is 0 Å². The number of aryl methyl sites for hydroxylation is 1. The lowest BCUT2D eigenvalue weighted by molar-refractivity contribution is 0.403. The highest BCUT2D eigenvalue weighted by Gasteiger charge is 2.14. The van der Waals surface area contributed by atoms with Crippen LogP contribution < -0.4 is 16.0 Å². The minimum absolute atomic E-state index is 0.0525. The van der Waals surface area contributed by atoms with Crippen molar-refractivity contribution in [2.75, 3.05) is 12.9 Å². The number of rotatable bonds is 6. The summed E-state index contributed by atoms with van der Waals surface area (Å²) < 4.78 is 5.39. The van der Waals surface area contributed by atoms with Crippen molar-refractivity contribution in [3.8, 4) is 5.75 Å². The smallest absolute Gasteiger partial charge is 0.123 e. The topological polar surface area (TPSA) is 47.3 Å². The highest BCUT2D eigenvalue weighted by molar-refractivity contribution is 7.99. The second-order valence-electron chi connectivity index (χ2n) is 4.59. The van der Waals surface area contributed by atoms with Gasteiger partial charge in [0.1, 0.15) is 5.75 Å². The van der Waals surface area contributed by atoms with E-state index in [2.05, 4.69) is 36.6 Å². The lowest BCUT2D eigenvalue weighted by Crippen LogP contribution is -2.30. The molecule has 0 bridgehead atoms. The average Bonchev–Trinajstić information content (AvgIpc) is 2.48. The third-order valence-electron chi connectivity index (χ3n) is 3.12. The van der Waals surface area contributed by atoms with Crippen molar-refractivity contribution in [1.82, 2.24) is 5.43 Å². The van der Waals surface area contributed by atoms with Gasteiger partial charge in [-0.25, -0.2) is 0 Å². The van der Waals surface area contributed by atoms with Crippen LogP contribution in [0.25, 0.3) is 0 Å². The monoisotopic (exact) mass is 288 g/mol. The second kappa shape index (κ2) is 7.33. The molecule has 20 heavy (non-hydrogen) atoms. The molecule has 4 heteroatoms. The second-order valence-corrected chi connectivity index (χ2v) is 5.68. The third-order valence-corrected chi connectivity index (χ3v) is 4.21. The minimum atomic E-state index is 0.0525. The average molecular weight is 288 g/mol. The van der Waals surface area contributed by atoms with Gasteiger partial charge in [0.05, 0.1) is 13.2 Å². The maximum absolute atomic E-state index is 5.70. The number of nitrogens with two attached hydrogens (primary N) is 1. The number of hydrogen-bond acceptors (Lipinski definition) is 4. The van der Waals surface area contributed by atoms with E-state index in [-0.39, 0.29) is 6.04 Å². The molecule has 0 aliphatic heterocycles. The summed E-state index contributed by atoms with van der Waals surface area (Å²) in [4.78, 5) is 1.25. The number of nitrogens with one attached hydrogen (secondary N) is 1. The summed E-state index contributed by atoms with van der Waals surface area (Å²) in [7, 11) is 1.68. The van der Waals surface area contributed by atoms with Crippen LogP contribution in [0.5, 0.6) is 5.75 Å². The number of ether oxygens (including phenoxy) is 1. The van der Waals surface area contributed by atoms with Gasteiger partial charge in [-0.05, 0) is 25.1 Å². The van der Waals surface area contributed by atoms with Crippen molar-refractivity contribution in [3.05, 3.63) is 59.7 Å². The summed E-state index contributed by atoms with van der Waals surface area (Å²) in [6, 6.07) is 16.5. The van der Waals surface area contributed by atoms with Crippen molar-refractivity contribution < 1.29 is 4.74 Å². The number of benzene rings is 2. The van der Waals surface area contributed by atoms with Gasteiger partial charge in [0.2, 0.25) is 0 Å². The Morgan fingerprint density at radius 1 is 1.20 bits per heavy atom. The fraction of sp³-hybridized carbons (Fsp3) is 0.250. The number of hydrazine groups is 1. The van der Waals surface area contributed by atoms with E-state index in [4.69, 9.17) is 10.6 Å². The van der Waals surface area contributed by atoms with Crippen LogP contribution in [0.2, 0.25) is 0 Å². The highest BCUT2D eigenvalue weighted by atomic mass is 32.2. The lowest BCUT2D eigenvalue weighted by atomic mass is 10.1. The molecular formula is C16H20N2OS. The molecule has 0 aromatic heterocycles. The molecule has 0 saturated carbocycles. The first-order valence-electron chi connectivity index (χ1n) is 6.53. The van der Waals surface area contributed by atoms with Gasteiger partial charge in [0.25, 0.3) is 0 Å². The van der Waals surface area contributed by atoms with Crippen molar-refractivity contribution in [2.45, 2.75) is 17.9 Å². The van der Waals surface area contributed by atoms with Crippen LogP contribution in [-0.2, 0) is 0 Å². The molecule has 0 saturated heterocycles. The molecule has 3 N–H and O–H groups in total. The van der Waals surface area contributed by atoms with Gasteiger partial charge in [-0.3, -0.25) is 11.3 Å². The van der Waals surface area contributed by atoms with Crippen molar-refractivity contribution >= 4 is 11.8 Å². The highest BCUT2D eigenvalue weighted by Crippen LogP contribution is 2.29. The molecule has 2 aromatic rings. The predicted octanol–water partition coefficient (Wildman–Crippen LogP) is 3.30. The van der Waals surface area contributed by atoms with Crippen LogP contribution >= 0.6 is 11.8 Å². The van der Waals surface area contributed by atoms with Gasteiger partial charge in [-0.1, -0.05) is 35.9 Å². The van der Waals surface area contributed by atoms with E-state index in [1.165, 1.54) is 10.5 Å². The molecule has 2 aromatic carbocycles. The first-order valence-corrected chi connectivity index (χ1v) is 7.51. The summed E-state index contributed by atoms with van der Waals surface area (Å²) in [6.07, 6.45) is 0. The molecule has 1 unspecified atom stereocenters. The summed E-state index contributed by atoms with van der Waals surface area (Å²) in [5.74, 6) is 7.41. The standard InChI is InChI=1S/C16H20N2OS/c1-12-6-5-7-13(10-12)20-11-15(18-17)14-8-3-4-9-16(14)19-2/h3-10,15,18H,11,17H2,1-2H3. The Hall–Kier alpha value is -1.49.